The van der Waals surface area contributed by atoms with Gasteiger partial charge in [-0.3, -0.25) is 4.79 Å². The second-order valence-corrected chi connectivity index (χ2v) is 3.36. The maximum Gasteiger partial charge on any atom is 0.152 e. The summed E-state index contributed by atoms with van der Waals surface area (Å²) in [5.41, 5.74) is 2.14. The van der Waals surface area contributed by atoms with E-state index in [9.17, 15) is 4.79 Å². The summed E-state index contributed by atoms with van der Waals surface area (Å²) in [5, 5.41) is 0. The summed E-state index contributed by atoms with van der Waals surface area (Å²) >= 11 is 0. The average Bonchev–Trinajstić information content (AvgIpc) is 2.26. The number of rotatable bonds is 4. The second kappa shape index (κ2) is 5.35. The van der Waals surface area contributed by atoms with Crippen molar-refractivity contribution in [3.05, 3.63) is 35.9 Å². The van der Waals surface area contributed by atoms with E-state index in [4.69, 9.17) is 4.74 Å². The Bertz CT molecular complexity index is 361. The molecule has 0 aromatic heterocycles. The highest BCUT2D eigenvalue weighted by molar-refractivity contribution is 5.95. The lowest BCUT2D eigenvalue weighted by Crippen LogP contribution is -1.89. The molecule has 0 saturated carbocycles. The van der Waals surface area contributed by atoms with Gasteiger partial charge in [-0.2, -0.15) is 0 Å². The van der Waals surface area contributed by atoms with Crippen LogP contribution in [0.3, 0.4) is 0 Å². The Kier molecular flexibility index (Phi) is 4.10. The van der Waals surface area contributed by atoms with Crippen LogP contribution in [0, 0.1) is 0 Å². The third-order valence-electron chi connectivity index (χ3n) is 2.22. The van der Waals surface area contributed by atoms with Gasteiger partial charge in [0, 0.05) is 0 Å². The molecule has 0 N–H and O–H groups in total. The van der Waals surface area contributed by atoms with Gasteiger partial charge >= 0.3 is 0 Å². The van der Waals surface area contributed by atoms with E-state index in [1.165, 1.54) is 0 Å². The molecular formula is C13H16O2. The van der Waals surface area contributed by atoms with Crippen LogP contribution in [-0.4, -0.2) is 12.9 Å². The van der Waals surface area contributed by atoms with Crippen molar-refractivity contribution >= 4 is 11.4 Å². The van der Waals surface area contributed by atoms with Gasteiger partial charge in [0.25, 0.3) is 0 Å². The molecule has 0 atom stereocenters. The quantitative estimate of drug-likeness (QED) is 0.704. The molecule has 80 valence electrons. The monoisotopic (exact) mass is 204 g/mol. The van der Waals surface area contributed by atoms with Crippen LogP contribution in [0.25, 0.3) is 5.57 Å². The summed E-state index contributed by atoms with van der Waals surface area (Å²) in [6.07, 6.45) is 2.54. The highest BCUT2D eigenvalue weighted by Crippen LogP contribution is 2.20. The minimum Gasteiger partial charge on any atom is -0.497 e. The van der Waals surface area contributed by atoms with Crippen LogP contribution in [0.15, 0.2) is 30.3 Å². The van der Waals surface area contributed by atoms with Crippen molar-refractivity contribution in [1.29, 1.82) is 0 Å². The fraction of sp³-hybridized carbons (Fsp3) is 0.308. The number of allylic oxidation sites excluding steroid dienone is 2. The number of ketones is 1. The molecule has 0 aliphatic rings. The maximum absolute atomic E-state index is 11.0. The number of carbonyl (C=O) groups excluding carboxylic acids is 1. The number of ether oxygens (including phenoxy) is 1. The van der Waals surface area contributed by atoms with Gasteiger partial charge in [0.2, 0.25) is 0 Å². The zero-order valence-electron chi connectivity index (χ0n) is 9.41. The zero-order valence-corrected chi connectivity index (χ0v) is 9.41. The third kappa shape index (κ3) is 3.24. The molecule has 0 saturated heterocycles. The molecule has 2 nitrogen and oxygen atoms in total. The Hall–Kier alpha value is -1.57. The smallest absolute Gasteiger partial charge is 0.152 e. The van der Waals surface area contributed by atoms with Gasteiger partial charge in [-0.05, 0) is 42.7 Å². The van der Waals surface area contributed by atoms with Gasteiger partial charge < -0.3 is 4.74 Å². The Morgan fingerprint density at radius 1 is 1.33 bits per heavy atom. The Balaban J connectivity index is 2.98. The van der Waals surface area contributed by atoms with Gasteiger partial charge in [0.05, 0.1) is 7.11 Å². The first kappa shape index (κ1) is 11.5. The fourth-order valence-electron chi connectivity index (χ4n) is 1.44. The van der Waals surface area contributed by atoms with Gasteiger partial charge in [-0.25, -0.2) is 0 Å². The van der Waals surface area contributed by atoms with Crippen molar-refractivity contribution in [2.75, 3.05) is 7.11 Å². The summed E-state index contributed by atoms with van der Waals surface area (Å²) in [5.74, 6) is 0.916. The van der Waals surface area contributed by atoms with Gasteiger partial charge in [0.15, 0.2) is 5.78 Å². The topological polar surface area (TPSA) is 26.3 Å². The third-order valence-corrected chi connectivity index (χ3v) is 2.22. The van der Waals surface area contributed by atoms with E-state index in [2.05, 4.69) is 0 Å². The molecule has 0 heterocycles. The molecule has 0 radical (unpaired) electrons. The molecule has 0 bridgehead atoms. The summed E-state index contributed by atoms with van der Waals surface area (Å²) in [6, 6.07) is 7.74. The van der Waals surface area contributed by atoms with Crippen molar-refractivity contribution in [3.63, 3.8) is 0 Å². The van der Waals surface area contributed by atoms with E-state index in [1.807, 2.05) is 31.2 Å². The number of benzene rings is 1. The highest BCUT2D eigenvalue weighted by atomic mass is 16.5. The van der Waals surface area contributed by atoms with E-state index in [-0.39, 0.29) is 5.78 Å². The lowest BCUT2D eigenvalue weighted by atomic mass is 10.0. The van der Waals surface area contributed by atoms with Crippen molar-refractivity contribution < 1.29 is 9.53 Å². The van der Waals surface area contributed by atoms with E-state index in [1.54, 1.807) is 20.1 Å². The van der Waals surface area contributed by atoms with Crippen LogP contribution >= 0.6 is 0 Å². The molecule has 0 spiro atoms. The molecular weight excluding hydrogens is 188 g/mol. The largest absolute Gasteiger partial charge is 0.497 e. The summed E-state index contributed by atoms with van der Waals surface area (Å²) in [4.78, 5) is 11.0. The van der Waals surface area contributed by atoms with E-state index >= 15 is 0 Å². The van der Waals surface area contributed by atoms with Crippen LogP contribution in [0.5, 0.6) is 5.75 Å². The normalized spacial score (nSPS) is 11.3. The lowest BCUT2D eigenvalue weighted by molar-refractivity contribution is -0.112. The molecule has 0 amide bonds. The number of methoxy groups -OCH3 is 1. The van der Waals surface area contributed by atoms with Crippen molar-refractivity contribution in [2.45, 2.75) is 20.3 Å². The van der Waals surface area contributed by atoms with Crippen LogP contribution < -0.4 is 4.74 Å². The summed E-state index contributed by atoms with van der Waals surface area (Å²) < 4.78 is 5.08. The van der Waals surface area contributed by atoms with Gasteiger partial charge in [-0.1, -0.05) is 19.1 Å². The number of carbonyl (C=O) groups is 1. The minimum atomic E-state index is 0.0858. The standard InChI is InChI=1S/C13H16O2/c1-4-11(9-10(2)14)12-5-7-13(15-3)8-6-12/h5-9H,4H2,1-3H3/b11-9-. The Labute approximate surface area is 90.6 Å². The summed E-state index contributed by atoms with van der Waals surface area (Å²) in [7, 11) is 1.64. The predicted molar refractivity (Wildman–Crippen MR) is 61.9 cm³/mol. The van der Waals surface area contributed by atoms with Gasteiger partial charge in [0.1, 0.15) is 5.75 Å². The molecule has 1 rings (SSSR count). The molecule has 0 aliphatic carbocycles. The van der Waals surface area contributed by atoms with Crippen molar-refractivity contribution in [2.24, 2.45) is 0 Å². The summed E-state index contributed by atoms with van der Waals surface area (Å²) in [6.45, 7) is 3.61. The van der Waals surface area contributed by atoms with E-state index in [0.29, 0.717) is 0 Å². The molecule has 0 aliphatic heterocycles. The van der Waals surface area contributed by atoms with Crippen LogP contribution in [0.1, 0.15) is 25.8 Å². The SMILES string of the molecule is CC/C(=C/C(C)=O)c1ccc(OC)cc1. The molecule has 0 unspecified atom stereocenters. The molecule has 1 aromatic rings. The van der Waals surface area contributed by atoms with Crippen molar-refractivity contribution in [3.8, 4) is 5.75 Å². The average molecular weight is 204 g/mol. The first-order chi connectivity index (χ1) is 7.17. The zero-order chi connectivity index (χ0) is 11.3. The number of hydrogen-bond acceptors (Lipinski definition) is 2. The lowest BCUT2D eigenvalue weighted by Gasteiger charge is -2.05. The first-order valence-corrected chi connectivity index (χ1v) is 5.03. The maximum atomic E-state index is 11.0. The Morgan fingerprint density at radius 2 is 1.93 bits per heavy atom. The van der Waals surface area contributed by atoms with E-state index in [0.717, 1.165) is 23.3 Å². The van der Waals surface area contributed by atoms with E-state index < -0.39 is 0 Å². The predicted octanol–water partition coefficient (Wildman–Crippen LogP) is 3.08. The van der Waals surface area contributed by atoms with Crippen LogP contribution in [0.2, 0.25) is 0 Å². The molecule has 0 fully saturated rings. The van der Waals surface area contributed by atoms with Crippen molar-refractivity contribution in [1.82, 2.24) is 0 Å². The highest BCUT2D eigenvalue weighted by Gasteiger charge is 2.00. The number of hydrogen-bond donors (Lipinski definition) is 0. The Morgan fingerprint density at radius 3 is 2.33 bits per heavy atom. The molecule has 1 aromatic carbocycles. The molecule has 15 heavy (non-hydrogen) atoms. The van der Waals surface area contributed by atoms with Crippen LogP contribution in [0.4, 0.5) is 0 Å². The minimum absolute atomic E-state index is 0.0858. The molecule has 2 heteroatoms. The second-order valence-electron chi connectivity index (χ2n) is 3.36. The van der Waals surface area contributed by atoms with Gasteiger partial charge in [-0.15, -0.1) is 0 Å². The first-order valence-electron chi connectivity index (χ1n) is 5.03. The fourth-order valence-corrected chi connectivity index (χ4v) is 1.44. The van der Waals surface area contributed by atoms with Crippen LogP contribution in [-0.2, 0) is 4.79 Å².